The van der Waals surface area contributed by atoms with Crippen molar-refractivity contribution in [2.45, 2.75) is 25.4 Å². The lowest BCUT2D eigenvalue weighted by Gasteiger charge is -2.02. The van der Waals surface area contributed by atoms with E-state index in [1.807, 2.05) is 44.2 Å². The summed E-state index contributed by atoms with van der Waals surface area (Å²) >= 11 is 3.17. The maximum absolute atomic E-state index is 12.3. The van der Waals surface area contributed by atoms with Crippen molar-refractivity contribution < 1.29 is 0 Å². The maximum atomic E-state index is 12.3. The standard InChI is InChI=1S/C18H17N5OS2/c1-11-7-12(2)20-16(19-11)10-25-9-13-8-17(24)23(22-13)18-21-14-5-3-4-6-15(14)26-18/h3-8,22H,9-10H2,1-2H3. The fraction of sp³-hybridized carbons (Fsp3) is 0.222. The number of aryl methyl sites for hydroxylation is 2. The highest BCUT2D eigenvalue weighted by Crippen LogP contribution is 2.23. The smallest absolute Gasteiger partial charge is 0.273 e. The lowest BCUT2D eigenvalue weighted by Crippen LogP contribution is -2.12. The number of thiazole rings is 1. The molecule has 4 aromatic rings. The summed E-state index contributed by atoms with van der Waals surface area (Å²) in [6, 6.07) is 11.5. The van der Waals surface area contributed by atoms with Gasteiger partial charge in [-0.05, 0) is 32.0 Å². The van der Waals surface area contributed by atoms with Crippen LogP contribution in [0.1, 0.15) is 22.9 Å². The van der Waals surface area contributed by atoms with E-state index in [2.05, 4.69) is 20.1 Å². The summed E-state index contributed by atoms with van der Waals surface area (Å²) in [5.74, 6) is 2.21. The molecule has 0 saturated heterocycles. The Balaban J connectivity index is 1.49. The van der Waals surface area contributed by atoms with Crippen molar-refractivity contribution in [3.8, 4) is 5.13 Å². The van der Waals surface area contributed by atoms with Gasteiger partial charge in [-0.25, -0.2) is 15.0 Å². The lowest BCUT2D eigenvalue weighted by molar-refractivity contribution is 0.827. The molecule has 0 aliphatic carbocycles. The highest BCUT2D eigenvalue weighted by Gasteiger charge is 2.10. The summed E-state index contributed by atoms with van der Waals surface area (Å²) in [6.45, 7) is 3.94. The Bertz CT molecular complexity index is 1070. The molecule has 0 saturated carbocycles. The maximum Gasteiger partial charge on any atom is 0.273 e. The summed E-state index contributed by atoms with van der Waals surface area (Å²) in [5, 5.41) is 3.82. The number of aromatic nitrogens is 5. The molecule has 0 bridgehead atoms. The summed E-state index contributed by atoms with van der Waals surface area (Å²) in [6.07, 6.45) is 0. The second-order valence-electron chi connectivity index (χ2n) is 5.98. The third-order valence-electron chi connectivity index (χ3n) is 3.76. The van der Waals surface area contributed by atoms with Gasteiger partial charge in [0.15, 0.2) is 0 Å². The second kappa shape index (κ2) is 7.05. The zero-order valence-electron chi connectivity index (χ0n) is 14.4. The minimum atomic E-state index is -0.0951. The van der Waals surface area contributed by atoms with Crippen LogP contribution >= 0.6 is 23.1 Å². The number of rotatable bonds is 5. The number of hydrogen-bond acceptors (Lipinski definition) is 6. The van der Waals surface area contributed by atoms with Crippen molar-refractivity contribution in [3.63, 3.8) is 0 Å². The number of para-hydroxylation sites is 1. The topological polar surface area (TPSA) is 76.5 Å². The Hall–Kier alpha value is -2.45. The second-order valence-corrected chi connectivity index (χ2v) is 7.97. The molecule has 0 atom stereocenters. The van der Waals surface area contributed by atoms with Gasteiger partial charge in [-0.2, -0.15) is 4.68 Å². The third-order valence-corrected chi connectivity index (χ3v) is 5.76. The van der Waals surface area contributed by atoms with Gasteiger partial charge in [-0.3, -0.25) is 9.89 Å². The zero-order valence-corrected chi connectivity index (χ0v) is 16.0. The predicted molar refractivity (Wildman–Crippen MR) is 106 cm³/mol. The summed E-state index contributed by atoms with van der Waals surface area (Å²) in [4.78, 5) is 25.7. The van der Waals surface area contributed by atoms with E-state index in [1.165, 1.54) is 16.0 Å². The lowest BCUT2D eigenvalue weighted by atomic mass is 10.3. The minimum Gasteiger partial charge on any atom is -0.292 e. The van der Waals surface area contributed by atoms with Crippen molar-refractivity contribution in [2.75, 3.05) is 0 Å². The van der Waals surface area contributed by atoms with Crippen LogP contribution in [0.4, 0.5) is 0 Å². The highest BCUT2D eigenvalue weighted by atomic mass is 32.2. The van der Waals surface area contributed by atoms with Gasteiger partial charge in [0.05, 0.1) is 16.0 Å². The Labute approximate surface area is 158 Å². The Kier molecular flexibility index (Phi) is 4.60. The number of benzene rings is 1. The number of nitrogens with one attached hydrogen (secondary N) is 1. The molecule has 0 unspecified atom stereocenters. The first-order valence-corrected chi connectivity index (χ1v) is 10.1. The molecule has 0 spiro atoms. The molecule has 8 heteroatoms. The first-order chi connectivity index (χ1) is 12.6. The normalized spacial score (nSPS) is 11.3. The molecule has 1 N–H and O–H groups in total. The van der Waals surface area contributed by atoms with Gasteiger partial charge in [0, 0.05) is 28.9 Å². The molecule has 0 fully saturated rings. The Morgan fingerprint density at radius 2 is 1.85 bits per heavy atom. The van der Waals surface area contributed by atoms with Crippen LogP contribution < -0.4 is 5.56 Å². The molecule has 132 valence electrons. The molecule has 3 aromatic heterocycles. The summed E-state index contributed by atoms with van der Waals surface area (Å²) < 4.78 is 2.57. The molecule has 3 heterocycles. The Morgan fingerprint density at radius 3 is 2.62 bits per heavy atom. The molecule has 6 nitrogen and oxygen atoms in total. The van der Waals surface area contributed by atoms with Crippen LogP contribution in [0.25, 0.3) is 15.3 Å². The van der Waals surface area contributed by atoms with Gasteiger partial charge >= 0.3 is 0 Å². The minimum absolute atomic E-state index is 0.0951. The van der Waals surface area contributed by atoms with Crippen LogP contribution in [-0.2, 0) is 11.5 Å². The number of fused-ring (bicyclic) bond motifs is 1. The van der Waals surface area contributed by atoms with Crippen LogP contribution in [0.2, 0.25) is 0 Å². The van der Waals surface area contributed by atoms with Crippen molar-refractivity contribution in [1.82, 2.24) is 24.7 Å². The van der Waals surface area contributed by atoms with E-state index in [1.54, 1.807) is 17.8 Å². The molecule has 26 heavy (non-hydrogen) atoms. The van der Waals surface area contributed by atoms with Crippen molar-refractivity contribution in [3.05, 3.63) is 69.7 Å². The van der Waals surface area contributed by atoms with E-state index in [4.69, 9.17) is 0 Å². The molecule has 0 radical (unpaired) electrons. The van der Waals surface area contributed by atoms with E-state index in [0.29, 0.717) is 16.6 Å². The molecule has 0 amide bonds. The molecule has 0 aliphatic rings. The molecular formula is C18H17N5OS2. The van der Waals surface area contributed by atoms with Crippen molar-refractivity contribution in [1.29, 1.82) is 0 Å². The fourth-order valence-electron chi connectivity index (χ4n) is 2.73. The molecular weight excluding hydrogens is 366 g/mol. The average Bonchev–Trinajstić information content (AvgIpc) is 3.17. The Morgan fingerprint density at radius 1 is 1.08 bits per heavy atom. The number of thioether (sulfide) groups is 1. The van der Waals surface area contributed by atoms with Crippen LogP contribution in [0.5, 0.6) is 0 Å². The van der Waals surface area contributed by atoms with E-state index in [9.17, 15) is 4.79 Å². The van der Waals surface area contributed by atoms with Crippen molar-refractivity contribution >= 4 is 33.3 Å². The van der Waals surface area contributed by atoms with Crippen LogP contribution in [0.3, 0.4) is 0 Å². The van der Waals surface area contributed by atoms with Crippen molar-refractivity contribution in [2.24, 2.45) is 0 Å². The monoisotopic (exact) mass is 383 g/mol. The molecule has 4 rings (SSSR count). The average molecular weight is 384 g/mol. The van der Waals surface area contributed by atoms with E-state index < -0.39 is 0 Å². The number of H-pyrrole nitrogens is 1. The van der Waals surface area contributed by atoms with Gasteiger partial charge in [-0.15, -0.1) is 11.8 Å². The number of hydrogen-bond donors (Lipinski definition) is 1. The number of nitrogens with zero attached hydrogens (tertiary/aromatic N) is 4. The fourth-order valence-corrected chi connectivity index (χ4v) is 4.45. The van der Waals surface area contributed by atoms with E-state index in [-0.39, 0.29) is 5.56 Å². The SMILES string of the molecule is Cc1cc(C)nc(CSCc2cc(=O)n(-c3nc4ccccc4s3)[nH]2)n1. The van der Waals surface area contributed by atoms with Gasteiger partial charge < -0.3 is 0 Å². The van der Waals surface area contributed by atoms with Crippen LogP contribution in [-0.4, -0.2) is 24.7 Å². The van der Waals surface area contributed by atoms with Crippen LogP contribution in [0.15, 0.2) is 41.2 Å². The largest absolute Gasteiger partial charge is 0.292 e. The summed E-state index contributed by atoms with van der Waals surface area (Å²) in [7, 11) is 0. The first kappa shape index (κ1) is 17.0. The molecule has 0 aliphatic heterocycles. The van der Waals surface area contributed by atoms with Gasteiger partial charge in [0.2, 0.25) is 5.13 Å². The predicted octanol–water partition coefficient (Wildman–Crippen LogP) is 3.62. The zero-order chi connectivity index (χ0) is 18.1. The van der Waals surface area contributed by atoms with E-state index in [0.717, 1.165) is 33.1 Å². The summed E-state index contributed by atoms with van der Waals surface area (Å²) in [5.41, 5.74) is 3.62. The van der Waals surface area contributed by atoms with Crippen LogP contribution in [0, 0.1) is 13.8 Å². The highest BCUT2D eigenvalue weighted by molar-refractivity contribution is 7.97. The van der Waals surface area contributed by atoms with Gasteiger partial charge in [0.25, 0.3) is 5.56 Å². The number of aromatic amines is 1. The first-order valence-electron chi connectivity index (χ1n) is 8.14. The third kappa shape index (κ3) is 3.56. The van der Waals surface area contributed by atoms with Gasteiger partial charge in [0.1, 0.15) is 5.82 Å². The van der Waals surface area contributed by atoms with Gasteiger partial charge in [-0.1, -0.05) is 23.5 Å². The molecule has 1 aromatic carbocycles. The quantitative estimate of drug-likeness (QED) is 0.570. The van der Waals surface area contributed by atoms with E-state index >= 15 is 0 Å².